The van der Waals surface area contributed by atoms with Gasteiger partial charge < -0.3 is 0 Å². The van der Waals surface area contributed by atoms with Crippen LogP contribution in [-0.4, -0.2) is 0 Å². The second-order valence-electron chi connectivity index (χ2n) is 23.1. The Kier molecular flexibility index (Phi) is 14.1. The maximum absolute atomic E-state index is 2.36. The molecule has 16 aromatic carbocycles. The topological polar surface area (TPSA) is 0 Å². The van der Waals surface area contributed by atoms with Crippen molar-refractivity contribution in [1.29, 1.82) is 0 Å². The quantitative estimate of drug-likeness (QED) is 0.107. The lowest BCUT2D eigenvalue weighted by molar-refractivity contribution is 1.56. The number of fused-ring (bicyclic) bond motifs is 3. The van der Waals surface area contributed by atoms with Crippen molar-refractivity contribution in [1.82, 2.24) is 0 Å². The highest BCUT2D eigenvalue weighted by molar-refractivity contribution is 6.41. The van der Waals surface area contributed by atoms with E-state index in [9.17, 15) is 0 Å². The van der Waals surface area contributed by atoms with E-state index in [-0.39, 0.29) is 0 Å². The van der Waals surface area contributed by atoms with Gasteiger partial charge in [0, 0.05) is 0 Å². The fraction of sp³-hybridized carbons (Fsp3) is 0. The Morgan fingerprint density at radius 2 is 0.167 bits per heavy atom. The normalized spacial score (nSPS) is 11.3. The summed E-state index contributed by atoms with van der Waals surface area (Å²) in [5, 5.41) is 7.08. The van der Waals surface area contributed by atoms with Gasteiger partial charge >= 0.3 is 0 Å². The molecule has 0 saturated heterocycles. The number of benzene rings is 16. The molecule has 0 unspecified atom stereocenters. The molecule has 90 heavy (non-hydrogen) atoms. The predicted octanol–water partition coefficient (Wildman–Crippen LogP) is 25.2. The standard InChI is InChI=1S/C90H60/c1-13-37-61(38-14-1)73-74(62-39-15-2-16-40-62)78(66-47-23-6-24-48-66)86-82(70-55-31-10-32-56-70)90-84(72-59-35-12-36-60-72)88-80(68-51-27-8-28-52-68)76(64-43-19-4-20-44-64)75(63-41-17-3-18-42-63)79(67-49-25-7-26-50-67)87(88)83(71-57-33-11-34-58-71)89(90)81(69-53-29-9-30-54-69)85(86)77(73)65-45-21-5-22-46-65/h1-60H. The highest BCUT2D eigenvalue weighted by atomic mass is 14.4. The molecule has 0 spiro atoms. The summed E-state index contributed by atoms with van der Waals surface area (Å²) in [7, 11) is 0. The van der Waals surface area contributed by atoms with Gasteiger partial charge in [-0.05, 0) is 166 Å². The zero-order valence-electron chi connectivity index (χ0n) is 49.6. The Balaban J connectivity index is 1.37. The maximum Gasteiger partial charge on any atom is -0.0000921 e. The lowest BCUT2D eigenvalue weighted by atomic mass is 9.69. The number of hydrogen-bond acceptors (Lipinski definition) is 0. The Morgan fingerprint density at radius 1 is 0.0778 bits per heavy atom. The minimum atomic E-state index is 1.12. The minimum absolute atomic E-state index is 1.12. The third kappa shape index (κ3) is 9.25. The first-order valence-electron chi connectivity index (χ1n) is 31.2. The van der Waals surface area contributed by atoms with Crippen molar-refractivity contribution in [3.63, 3.8) is 0 Å². The van der Waals surface area contributed by atoms with E-state index in [1.165, 1.54) is 99.1 Å². The first-order valence-corrected chi connectivity index (χ1v) is 31.2. The zero-order valence-corrected chi connectivity index (χ0v) is 49.6. The molecule has 0 heterocycles. The van der Waals surface area contributed by atoms with E-state index < -0.39 is 0 Å². The Hall–Kier alpha value is -11.7. The van der Waals surface area contributed by atoms with Gasteiger partial charge in [-0.25, -0.2) is 0 Å². The average Bonchev–Trinajstić information content (AvgIpc) is 0.674. The first kappa shape index (κ1) is 53.7. The Morgan fingerprint density at radius 3 is 0.289 bits per heavy atom. The highest BCUT2D eigenvalue weighted by Gasteiger charge is 2.36. The molecule has 0 nitrogen and oxygen atoms in total. The van der Waals surface area contributed by atoms with E-state index >= 15 is 0 Å². The van der Waals surface area contributed by atoms with Gasteiger partial charge in [-0.1, -0.05) is 364 Å². The second kappa shape index (κ2) is 23.5. The smallest absolute Gasteiger partial charge is 0.0000921 e. The van der Waals surface area contributed by atoms with Gasteiger partial charge in [-0.15, -0.1) is 0 Å². The maximum atomic E-state index is 2.36. The third-order valence-corrected chi connectivity index (χ3v) is 18.0. The fourth-order valence-electron chi connectivity index (χ4n) is 14.5. The summed E-state index contributed by atoms with van der Waals surface area (Å²) in [5.74, 6) is 0. The summed E-state index contributed by atoms with van der Waals surface area (Å²) in [6, 6.07) is 135. The lowest BCUT2D eigenvalue weighted by Crippen LogP contribution is -2.05. The van der Waals surface area contributed by atoms with Crippen LogP contribution in [-0.2, 0) is 0 Å². The second-order valence-corrected chi connectivity index (χ2v) is 23.1. The molecule has 0 heteroatoms. The predicted molar refractivity (Wildman–Crippen MR) is 384 cm³/mol. The lowest BCUT2D eigenvalue weighted by Gasteiger charge is -2.33. The van der Waals surface area contributed by atoms with Crippen molar-refractivity contribution < 1.29 is 0 Å². The molecule has 0 aliphatic carbocycles. The monoisotopic (exact) mass is 1140 g/mol. The molecule has 0 radical (unpaired) electrons. The molecule has 0 atom stereocenters. The van der Waals surface area contributed by atoms with Crippen molar-refractivity contribution in [3.05, 3.63) is 364 Å². The number of hydrogen-bond donors (Lipinski definition) is 0. The van der Waals surface area contributed by atoms with Gasteiger partial charge in [-0.2, -0.15) is 0 Å². The van der Waals surface area contributed by atoms with Gasteiger partial charge in [0.2, 0.25) is 0 Å². The average molecular weight is 1140 g/mol. The van der Waals surface area contributed by atoms with E-state index in [4.69, 9.17) is 0 Å². The van der Waals surface area contributed by atoms with E-state index in [1.54, 1.807) is 0 Å². The molecule has 0 aromatic heterocycles. The Labute approximate surface area is 526 Å². The van der Waals surface area contributed by atoms with E-state index in [1.807, 2.05) is 0 Å². The summed E-state index contributed by atoms with van der Waals surface area (Å²) in [4.78, 5) is 0. The highest BCUT2D eigenvalue weighted by Crippen LogP contribution is 2.64. The van der Waals surface area contributed by atoms with Crippen LogP contribution in [0.25, 0.3) is 166 Å². The third-order valence-electron chi connectivity index (χ3n) is 18.0. The van der Waals surface area contributed by atoms with Gasteiger partial charge in [0.1, 0.15) is 0 Å². The summed E-state index contributed by atoms with van der Waals surface area (Å²) < 4.78 is 0. The minimum Gasteiger partial charge on any atom is -0.0622 e. The summed E-state index contributed by atoms with van der Waals surface area (Å²) in [6.07, 6.45) is 0. The summed E-state index contributed by atoms with van der Waals surface area (Å²) in [5.41, 5.74) is 27.7. The van der Waals surface area contributed by atoms with Crippen LogP contribution in [0.2, 0.25) is 0 Å². The van der Waals surface area contributed by atoms with Crippen LogP contribution in [0.15, 0.2) is 364 Å². The first-order chi connectivity index (χ1) is 44.8. The summed E-state index contributed by atoms with van der Waals surface area (Å²) >= 11 is 0. The van der Waals surface area contributed by atoms with Gasteiger partial charge in [-0.3, -0.25) is 0 Å². The fourth-order valence-corrected chi connectivity index (χ4v) is 14.5. The molecule has 0 fully saturated rings. The molecule has 0 aliphatic rings. The van der Waals surface area contributed by atoms with E-state index in [2.05, 4.69) is 364 Å². The van der Waals surface area contributed by atoms with Crippen LogP contribution >= 0.6 is 0 Å². The molecular formula is C90H60. The SMILES string of the molecule is c1ccc(-c2c(-c3ccccc3)c(-c3ccccc3)c3c(-c4ccccc4)c4c(-c5ccccc5)c5c(-c6ccccc6)c(-c6ccccc6)c(-c6ccccc6)c(-c6ccccc6)c5c(-c5ccccc5)c4c(-c4ccccc4)c3c2-c2ccccc2)cc1. The van der Waals surface area contributed by atoms with Gasteiger partial charge in [0.05, 0.1) is 0 Å². The van der Waals surface area contributed by atoms with Crippen molar-refractivity contribution >= 4 is 32.3 Å². The molecule has 0 aliphatic heterocycles. The van der Waals surface area contributed by atoms with Crippen LogP contribution in [0.4, 0.5) is 0 Å². The van der Waals surface area contributed by atoms with Crippen molar-refractivity contribution in [2.45, 2.75) is 0 Å². The van der Waals surface area contributed by atoms with Crippen molar-refractivity contribution in [3.8, 4) is 134 Å². The van der Waals surface area contributed by atoms with Gasteiger partial charge in [0.15, 0.2) is 0 Å². The molecule has 0 N–H and O–H groups in total. The Bertz CT molecular complexity index is 4550. The van der Waals surface area contributed by atoms with Crippen molar-refractivity contribution in [2.24, 2.45) is 0 Å². The largest absolute Gasteiger partial charge is 0.0622 e. The molecule has 0 amide bonds. The van der Waals surface area contributed by atoms with Crippen LogP contribution in [0.1, 0.15) is 0 Å². The van der Waals surface area contributed by atoms with E-state index in [0.29, 0.717) is 0 Å². The number of rotatable bonds is 12. The van der Waals surface area contributed by atoms with Crippen LogP contribution in [0.5, 0.6) is 0 Å². The molecule has 16 rings (SSSR count). The molecular weight excluding hydrogens is 1080 g/mol. The molecule has 420 valence electrons. The zero-order chi connectivity index (χ0) is 59.7. The molecule has 0 saturated carbocycles. The molecule has 16 aromatic rings. The van der Waals surface area contributed by atoms with Crippen LogP contribution in [0.3, 0.4) is 0 Å². The van der Waals surface area contributed by atoms with E-state index in [0.717, 1.165) is 66.8 Å². The molecule has 0 bridgehead atoms. The van der Waals surface area contributed by atoms with Crippen molar-refractivity contribution in [2.75, 3.05) is 0 Å². The van der Waals surface area contributed by atoms with Crippen LogP contribution in [0, 0.1) is 0 Å². The summed E-state index contributed by atoms with van der Waals surface area (Å²) in [6.45, 7) is 0. The van der Waals surface area contributed by atoms with Gasteiger partial charge in [0.25, 0.3) is 0 Å². The van der Waals surface area contributed by atoms with Crippen LogP contribution < -0.4 is 0 Å².